The standard InChI is InChI=1S/C8H10N2O3S.Rb/c1-3-13-7(12)5-4-9-8(14-2)10-6(5)11;/h4H,3H2,1-2H3,(H,9,10,11);/q;+1/p-1. The van der Waals surface area contributed by atoms with Gasteiger partial charge in [0.05, 0.1) is 12.2 Å². The Hall–Kier alpha value is 0.505. The van der Waals surface area contributed by atoms with Crippen LogP contribution >= 0.6 is 11.8 Å². The largest absolute Gasteiger partial charge is 1.00 e. The van der Waals surface area contributed by atoms with Crippen molar-refractivity contribution in [2.45, 2.75) is 12.1 Å². The van der Waals surface area contributed by atoms with Crippen molar-refractivity contribution in [2.24, 2.45) is 0 Å². The summed E-state index contributed by atoms with van der Waals surface area (Å²) >= 11 is 1.24. The van der Waals surface area contributed by atoms with Gasteiger partial charge in [0.2, 0.25) is 0 Å². The molecule has 1 rings (SSSR count). The summed E-state index contributed by atoms with van der Waals surface area (Å²) in [6.45, 7) is 1.89. The molecule has 0 aromatic carbocycles. The van der Waals surface area contributed by atoms with Crippen molar-refractivity contribution in [3.05, 3.63) is 11.8 Å². The number of carbonyl (C=O) groups excluding carboxylic acids is 1. The monoisotopic (exact) mass is 298 g/mol. The van der Waals surface area contributed by atoms with E-state index in [4.69, 9.17) is 0 Å². The molecular weight excluding hydrogens is 290 g/mol. The predicted octanol–water partition coefficient (Wildman–Crippen LogP) is -2.55. The van der Waals surface area contributed by atoms with Gasteiger partial charge in [0.25, 0.3) is 0 Å². The molecule has 1 aromatic heterocycles. The summed E-state index contributed by atoms with van der Waals surface area (Å²) in [5, 5.41) is 11.6. The second-order valence-corrected chi connectivity index (χ2v) is 3.07. The Morgan fingerprint density at radius 3 is 2.80 bits per heavy atom. The van der Waals surface area contributed by atoms with Crippen molar-refractivity contribution < 1.29 is 72.8 Å². The van der Waals surface area contributed by atoms with Crippen molar-refractivity contribution in [3.63, 3.8) is 0 Å². The van der Waals surface area contributed by atoms with Crippen LogP contribution in [0.1, 0.15) is 17.3 Å². The Bertz CT molecular complexity index is 349. The van der Waals surface area contributed by atoms with E-state index in [0.29, 0.717) is 5.16 Å². The molecule has 15 heavy (non-hydrogen) atoms. The third-order valence-electron chi connectivity index (χ3n) is 1.41. The molecule has 0 aliphatic carbocycles. The normalized spacial score (nSPS) is 9.20. The second kappa shape index (κ2) is 7.73. The van der Waals surface area contributed by atoms with E-state index < -0.39 is 11.8 Å². The minimum Gasteiger partial charge on any atom is -0.858 e. The third-order valence-corrected chi connectivity index (χ3v) is 1.97. The fourth-order valence-corrected chi connectivity index (χ4v) is 1.13. The quantitative estimate of drug-likeness (QED) is 0.348. The van der Waals surface area contributed by atoms with Crippen LogP contribution in [0.25, 0.3) is 0 Å². The van der Waals surface area contributed by atoms with Crippen LogP contribution in [-0.4, -0.2) is 28.8 Å². The molecule has 76 valence electrons. The molecule has 0 bridgehead atoms. The predicted molar refractivity (Wildman–Crippen MR) is 49.2 cm³/mol. The van der Waals surface area contributed by atoms with Crippen molar-refractivity contribution >= 4 is 17.7 Å². The molecule has 0 aliphatic heterocycles. The first kappa shape index (κ1) is 15.5. The van der Waals surface area contributed by atoms with Crippen LogP contribution in [-0.2, 0) is 4.74 Å². The van der Waals surface area contributed by atoms with E-state index in [1.54, 1.807) is 13.2 Å². The van der Waals surface area contributed by atoms with Gasteiger partial charge in [0.1, 0.15) is 0 Å². The summed E-state index contributed by atoms with van der Waals surface area (Å²) in [5.41, 5.74) is -0.121. The number of esters is 1. The van der Waals surface area contributed by atoms with Crippen LogP contribution in [0.15, 0.2) is 11.4 Å². The molecule has 1 aromatic rings. The van der Waals surface area contributed by atoms with Gasteiger partial charge in [0.15, 0.2) is 5.16 Å². The SMILES string of the molecule is CCOC(=O)c1cnc(SC)nc1[O-].[Rb+]. The van der Waals surface area contributed by atoms with Crippen molar-refractivity contribution in [2.75, 3.05) is 12.9 Å². The average molecular weight is 299 g/mol. The van der Waals surface area contributed by atoms with Gasteiger partial charge in [-0.15, -0.1) is 0 Å². The zero-order valence-electron chi connectivity index (χ0n) is 8.81. The number of thioether (sulfide) groups is 1. The zero-order chi connectivity index (χ0) is 10.6. The molecular formula is C8H9N2O3RbS. The summed E-state index contributed by atoms with van der Waals surface area (Å²) in [6.07, 6.45) is 2.94. The number of nitrogens with zero attached hydrogens (tertiary/aromatic N) is 2. The summed E-state index contributed by atoms with van der Waals surface area (Å²) in [5.74, 6) is -1.27. The molecule has 5 nitrogen and oxygen atoms in total. The number of hydrogen-bond donors (Lipinski definition) is 0. The van der Waals surface area contributed by atoms with E-state index in [0.717, 1.165) is 0 Å². The number of aromatic nitrogens is 2. The molecule has 0 saturated carbocycles. The zero-order valence-corrected chi connectivity index (χ0v) is 14.5. The average Bonchev–Trinajstić information content (AvgIpc) is 2.17. The molecule has 0 amide bonds. The van der Waals surface area contributed by atoms with Gasteiger partial charge in [-0.3, -0.25) is 0 Å². The van der Waals surface area contributed by atoms with Gasteiger partial charge in [-0.25, -0.2) is 14.8 Å². The first-order chi connectivity index (χ1) is 6.69. The van der Waals surface area contributed by atoms with E-state index in [9.17, 15) is 9.90 Å². The van der Waals surface area contributed by atoms with Crippen molar-refractivity contribution in [1.29, 1.82) is 0 Å². The maximum Gasteiger partial charge on any atom is 1.00 e. The van der Waals surface area contributed by atoms with Crippen LogP contribution in [0, 0.1) is 0 Å². The molecule has 0 fully saturated rings. The molecule has 7 heteroatoms. The Labute approximate surface area is 141 Å². The maximum absolute atomic E-state index is 11.2. The van der Waals surface area contributed by atoms with Crippen LogP contribution in [0.2, 0.25) is 0 Å². The van der Waals surface area contributed by atoms with Crippen molar-refractivity contribution in [3.8, 4) is 5.88 Å². The third kappa shape index (κ3) is 4.48. The summed E-state index contributed by atoms with van der Waals surface area (Å²) < 4.78 is 4.66. The van der Waals surface area contributed by atoms with E-state index in [-0.39, 0.29) is 70.4 Å². The van der Waals surface area contributed by atoms with Crippen molar-refractivity contribution in [1.82, 2.24) is 9.97 Å². The van der Waals surface area contributed by atoms with E-state index in [2.05, 4.69) is 14.7 Å². The van der Waals surface area contributed by atoms with Crippen LogP contribution < -0.4 is 63.3 Å². The molecule has 0 saturated heterocycles. The fraction of sp³-hybridized carbons (Fsp3) is 0.375. The van der Waals surface area contributed by atoms with Gasteiger partial charge in [0, 0.05) is 12.1 Å². The molecule has 0 N–H and O–H groups in total. The Morgan fingerprint density at radius 1 is 1.67 bits per heavy atom. The molecule has 0 aliphatic rings. The molecule has 0 radical (unpaired) electrons. The number of rotatable bonds is 3. The van der Waals surface area contributed by atoms with Gasteiger partial charge < -0.3 is 9.84 Å². The molecule has 0 spiro atoms. The van der Waals surface area contributed by atoms with E-state index in [1.165, 1.54) is 18.0 Å². The Kier molecular flexibility index (Phi) is 7.99. The summed E-state index contributed by atoms with van der Waals surface area (Å²) in [7, 11) is 0. The van der Waals surface area contributed by atoms with Gasteiger partial charge in [-0.05, 0) is 13.2 Å². The summed E-state index contributed by atoms with van der Waals surface area (Å²) in [6, 6.07) is 0. The first-order valence-electron chi connectivity index (χ1n) is 3.94. The van der Waals surface area contributed by atoms with Gasteiger partial charge >= 0.3 is 64.2 Å². The Balaban J connectivity index is 0.00000196. The minimum absolute atomic E-state index is 0. The van der Waals surface area contributed by atoms with Gasteiger partial charge in [-0.1, -0.05) is 11.8 Å². The maximum atomic E-state index is 11.2. The van der Waals surface area contributed by atoms with E-state index in [1.807, 2.05) is 0 Å². The van der Waals surface area contributed by atoms with Crippen LogP contribution in [0.5, 0.6) is 5.88 Å². The first-order valence-corrected chi connectivity index (χ1v) is 5.16. The molecule has 0 atom stereocenters. The second-order valence-electron chi connectivity index (χ2n) is 2.30. The topological polar surface area (TPSA) is 75.1 Å². The molecule has 0 unspecified atom stereocenters. The van der Waals surface area contributed by atoms with Gasteiger partial charge in [-0.2, -0.15) is 0 Å². The number of hydrogen-bond acceptors (Lipinski definition) is 6. The summed E-state index contributed by atoms with van der Waals surface area (Å²) in [4.78, 5) is 18.6. The Morgan fingerprint density at radius 2 is 2.33 bits per heavy atom. The molecule has 1 heterocycles. The van der Waals surface area contributed by atoms with Crippen LogP contribution in [0.4, 0.5) is 0 Å². The van der Waals surface area contributed by atoms with Crippen LogP contribution in [0.3, 0.4) is 0 Å². The minimum atomic E-state index is -0.676. The smallest absolute Gasteiger partial charge is 0.858 e. The number of ether oxygens (including phenoxy) is 1. The number of carbonyl (C=O) groups is 1. The van der Waals surface area contributed by atoms with E-state index >= 15 is 0 Å². The fourth-order valence-electron chi connectivity index (χ4n) is 0.798.